The van der Waals surface area contributed by atoms with E-state index in [1.165, 1.54) is 12.0 Å². The van der Waals surface area contributed by atoms with Crippen LogP contribution in [0.3, 0.4) is 0 Å². The number of aliphatic hydroxyl groups excluding tert-OH is 1. The Balaban J connectivity index is 2.53. The second-order valence-corrected chi connectivity index (χ2v) is 5.10. The first-order chi connectivity index (χ1) is 9.02. The van der Waals surface area contributed by atoms with Crippen LogP contribution >= 0.6 is 0 Å². The lowest BCUT2D eigenvalue weighted by Crippen LogP contribution is -2.19. The average molecular weight is 264 g/mol. The minimum atomic E-state index is -0.459. The second-order valence-electron chi connectivity index (χ2n) is 5.10. The molecule has 1 aromatic carbocycles. The minimum Gasteiger partial charge on any atom is -0.459 e. The lowest BCUT2D eigenvalue weighted by molar-refractivity contribution is 0.0222. The van der Waals surface area contributed by atoms with Crippen molar-refractivity contribution in [2.24, 2.45) is 0 Å². The molecule has 3 nitrogen and oxygen atoms in total. The highest BCUT2D eigenvalue weighted by Gasteiger charge is 2.13. The maximum Gasteiger partial charge on any atom is 0.338 e. The molecule has 0 bridgehead atoms. The summed E-state index contributed by atoms with van der Waals surface area (Å²) in [5.41, 5.74) is 1.81. The highest BCUT2D eigenvalue weighted by molar-refractivity contribution is 5.89. The molecule has 106 valence electrons. The summed E-state index contributed by atoms with van der Waals surface area (Å²) in [6.07, 6.45) is 3.10. The molecule has 1 aromatic rings. The van der Waals surface area contributed by atoms with Crippen LogP contribution in [0.5, 0.6) is 0 Å². The van der Waals surface area contributed by atoms with E-state index in [4.69, 9.17) is 4.74 Å². The van der Waals surface area contributed by atoms with Crippen molar-refractivity contribution in [2.45, 2.75) is 58.7 Å². The SMILES string of the molecule is CCCCc1ccc(C(=O)O[C@@H](C)C[C@H](C)O)cc1. The summed E-state index contributed by atoms with van der Waals surface area (Å²) in [4.78, 5) is 11.9. The Hall–Kier alpha value is -1.35. The molecule has 0 aromatic heterocycles. The molecule has 0 aliphatic carbocycles. The summed E-state index contributed by atoms with van der Waals surface area (Å²) in [5.74, 6) is -0.324. The molecule has 3 heteroatoms. The smallest absolute Gasteiger partial charge is 0.338 e. The van der Waals surface area contributed by atoms with Gasteiger partial charge in [0.15, 0.2) is 0 Å². The topological polar surface area (TPSA) is 46.5 Å². The fourth-order valence-corrected chi connectivity index (χ4v) is 1.97. The van der Waals surface area contributed by atoms with E-state index in [1.807, 2.05) is 24.3 Å². The Kier molecular flexibility index (Phi) is 6.57. The van der Waals surface area contributed by atoms with Crippen molar-refractivity contribution >= 4 is 5.97 Å². The summed E-state index contributed by atoms with van der Waals surface area (Å²) in [6.45, 7) is 5.64. The molecule has 1 N–H and O–H groups in total. The average Bonchev–Trinajstić information content (AvgIpc) is 2.35. The molecule has 0 aliphatic rings. The normalized spacial score (nSPS) is 13.9. The van der Waals surface area contributed by atoms with Gasteiger partial charge in [0.2, 0.25) is 0 Å². The molecule has 0 heterocycles. The van der Waals surface area contributed by atoms with Crippen molar-refractivity contribution < 1.29 is 14.6 Å². The molecule has 0 aliphatic heterocycles. The molecule has 19 heavy (non-hydrogen) atoms. The zero-order valence-electron chi connectivity index (χ0n) is 12.1. The molecule has 0 radical (unpaired) electrons. The first-order valence-corrected chi connectivity index (χ1v) is 7.01. The van der Waals surface area contributed by atoms with Gasteiger partial charge in [-0.2, -0.15) is 0 Å². The number of benzene rings is 1. The van der Waals surface area contributed by atoms with Gasteiger partial charge in [-0.3, -0.25) is 0 Å². The predicted molar refractivity (Wildman–Crippen MR) is 76.2 cm³/mol. The monoisotopic (exact) mass is 264 g/mol. The first-order valence-electron chi connectivity index (χ1n) is 7.01. The number of aliphatic hydroxyl groups is 1. The fraction of sp³-hybridized carbons (Fsp3) is 0.562. The van der Waals surface area contributed by atoms with Crippen LogP contribution in [-0.2, 0) is 11.2 Å². The van der Waals surface area contributed by atoms with Gasteiger partial charge in [-0.05, 0) is 44.4 Å². The number of esters is 1. The zero-order valence-corrected chi connectivity index (χ0v) is 12.1. The van der Waals surface area contributed by atoms with Crippen molar-refractivity contribution in [3.05, 3.63) is 35.4 Å². The molecule has 0 spiro atoms. The Morgan fingerprint density at radius 2 is 1.89 bits per heavy atom. The van der Waals surface area contributed by atoms with E-state index < -0.39 is 6.10 Å². The van der Waals surface area contributed by atoms with Crippen LogP contribution in [0, 0.1) is 0 Å². The highest BCUT2D eigenvalue weighted by atomic mass is 16.5. The van der Waals surface area contributed by atoms with Crippen LogP contribution in [0.25, 0.3) is 0 Å². The Labute approximate surface area is 115 Å². The van der Waals surface area contributed by atoms with E-state index in [1.54, 1.807) is 13.8 Å². The Morgan fingerprint density at radius 3 is 2.42 bits per heavy atom. The molecule has 2 atom stereocenters. The quantitative estimate of drug-likeness (QED) is 0.768. The van der Waals surface area contributed by atoms with Crippen LogP contribution in [0.2, 0.25) is 0 Å². The van der Waals surface area contributed by atoms with Crippen LogP contribution in [0.15, 0.2) is 24.3 Å². The third-order valence-corrected chi connectivity index (χ3v) is 2.99. The Bertz CT molecular complexity index is 381. The summed E-state index contributed by atoms with van der Waals surface area (Å²) in [5, 5.41) is 9.23. The van der Waals surface area contributed by atoms with Gasteiger partial charge in [0.1, 0.15) is 6.10 Å². The molecule has 0 amide bonds. The number of hydrogen-bond donors (Lipinski definition) is 1. The maximum absolute atomic E-state index is 11.9. The van der Waals surface area contributed by atoms with Crippen LogP contribution in [0.4, 0.5) is 0 Å². The van der Waals surface area contributed by atoms with Crippen LogP contribution in [0.1, 0.15) is 56.0 Å². The van der Waals surface area contributed by atoms with Crippen molar-refractivity contribution in [3.8, 4) is 0 Å². The van der Waals surface area contributed by atoms with Gasteiger partial charge in [-0.25, -0.2) is 4.79 Å². The molecular formula is C16H24O3. The summed E-state index contributed by atoms with van der Waals surface area (Å²) >= 11 is 0. The van der Waals surface area contributed by atoms with Gasteiger partial charge in [0.25, 0.3) is 0 Å². The number of unbranched alkanes of at least 4 members (excludes halogenated alkanes) is 1. The Morgan fingerprint density at radius 1 is 1.26 bits per heavy atom. The van der Waals surface area contributed by atoms with Gasteiger partial charge >= 0.3 is 5.97 Å². The van der Waals surface area contributed by atoms with Crippen LogP contribution in [-0.4, -0.2) is 23.3 Å². The third-order valence-electron chi connectivity index (χ3n) is 2.99. The standard InChI is InChI=1S/C16H24O3/c1-4-5-6-14-7-9-15(10-8-14)16(18)19-13(3)11-12(2)17/h7-10,12-13,17H,4-6,11H2,1-3H3/t12-,13-/m0/s1. The van der Waals surface area contributed by atoms with Crippen LogP contribution < -0.4 is 0 Å². The fourth-order valence-electron chi connectivity index (χ4n) is 1.97. The van der Waals surface area contributed by atoms with Gasteiger partial charge in [0.05, 0.1) is 11.7 Å². The summed E-state index contributed by atoms with van der Waals surface area (Å²) < 4.78 is 5.27. The zero-order chi connectivity index (χ0) is 14.3. The second kappa shape index (κ2) is 7.95. The molecule has 0 fully saturated rings. The molecule has 0 unspecified atom stereocenters. The lowest BCUT2D eigenvalue weighted by Gasteiger charge is -2.14. The van der Waals surface area contributed by atoms with E-state index in [9.17, 15) is 9.90 Å². The van der Waals surface area contributed by atoms with E-state index in [-0.39, 0.29) is 12.1 Å². The highest BCUT2D eigenvalue weighted by Crippen LogP contribution is 2.11. The molecule has 0 saturated carbocycles. The number of carbonyl (C=O) groups excluding carboxylic acids is 1. The molecule has 1 rings (SSSR count). The largest absolute Gasteiger partial charge is 0.459 e. The molecule has 0 saturated heterocycles. The minimum absolute atomic E-state index is 0.271. The number of hydrogen-bond acceptors (Lipinski definition) is 3. The van der Waals surface area contributed by atoms with E-state index in [0.717, 1.165) is 12.8 Å². The van der Waals surface area contributed by atoms with Gasteiger partial charge < -0.3 is 9.84 Å². The van der Waals surface area contributed by atoms with Gasteiger partial charge in [-0.15, -0.1) is 0 Å². The van der Waals surface area contributed by atoms with Gasteiger partial charge in [-0.1, -0.05) is 25.5 Å². The van der Waals surface area contributed by atoms with Crippen molar-refractivity contribution in [1.29, 1.82) is 0 Å². The van der Waals surface area contributed by atoms with E-state index in [2.05, 4.69) is 6.92 Å². The third kappa shape index (κ3) is 5.88. The number of carbonyl (C=O) groups is 1. The predicted octanol–water partition coefficient (Wildman–Crippen LogP) is 3.35. The number of rotatable bonds is 7. The number of ether oxygens (including phenoxy) is 1. The lowest BCUT2D eigenvalue weighted by atomic mass is 10.1. The maximum atomic E-state index is 11.9. The summed E-state index contributed by atoms with van der Waals surface area (Å²) in [6, 6.07) is 7.57. The van der Waals surface area contributed by atoms with E-state index in [0.29, 0.717) is 12.0 Å². The first kappa shape index (κ1) is 15.7. The van der Waals surface area contributed by atoms with E-state index >= 15 is 0 Å². The van der Waals surface area contributed by atoms with Crippen molar-refractivity contribution in [1.82, 2.24) is 0 Å². The van der Waals surface area contributed by atoms with Crippen molar-refractivity contribution in [2.75, 3.05) is 0 Å². The summed E-state index contributed by atoms with van der Waals surface area (Å²) in [7, 11) is 0. The van der Waals surface area contributed by atoms with Gasteiger partial charge in [0, 0.05) is 6.42 Å². The van der Waals surface area contributed by atoms with Crippen molar-refractivity contribution in [3.63, 3.8) is 0 Å². The molecular weight excluding hydrogens is 240 g/mol. The number of aryl methyl sites for hydroxylation is 1.